The summed E-state index contributed by atoms with van der Waals surface area (Å²) in [6.45, 7) is 4.74. The molecule has 7 heteroatoms. The van der Waals surface area contributed by atoms with Crippen molar-refractivity contribution in [3.05, 3.63) is 35.5 Å². The maximum atomic E-state index is 12.8. The fourth-order valence-electron chi connectivity index (χ4n) is 3.64. The number of hydrogen-bond donors (Lipinski definition) is 2. The molecule has 26 heavy (non-hydrogen) atoms. The predicted octanol–water partition coefficient (Wildman–Crippen LogP) is 4.20. The normalized spacial score (nSPS) is 17.1. The molecule has 0 bridgehead atoms. The standard InChI is InChI=1S/C19H23F3N2O2/c1-18(2,26)11-12-5-7-24(8-6-12)17(25)16-10-13-9-14(19(20,21)22)3-4-15(13)23-16/h3-4,9-10,12,23,26H,5-8,11H2,1-2H3. The third-order valence-electron chi connectivity index (χ3n) is 4.87. The molecule has 0 saturated carbocycles. The number of aromatic nitrogens is 1. The Morgan fingerprint density at radius 1 is 1.23 bits per heavy atom. The van der Waals surface area contributed by atoms with Crippen LogP contribution in [0.4, 0.5) is 13.2 Å². The number of hydrogen-bond acceptors (Lipinski definition) is 2. The van der Waals surface area contributed by atoms with Gasteiger partial charge in [0.05, 0.1) is 11.2 Å². The first-order valence-electron chi connectivity index (χ1n) is 8.74. The lowest BCUT2D eigenvalue weighted by atomic mass is 9.86. The topological polar surface area (TPSA) is 56.3 Å². The Hall–Kier alpha value is -2.02. The average Bonchev–Trinajstić information content (AvgIpc) is 2.95. The van der Waals surface area contributed by atoms with Gasteiger partial charge in [-0.15, -0.1) is 0 Å². The van der Waals surface area contributed by atoms with Gasteiger partial charge in [0.2, 0.25) is 0 Å². The highest BCUT2D eigenvalue weighted by Gasteiger charge is 2.31. The van der Waals surface area contributed by atoms with Gasteiger partial charge in [-0.3, -0.25) is 4.79 Å². The van der Waals surface area contributed by atoms with Crippen molar-refractivity contribution in [2.75, 3.05) is 13.1 Å². The molecule has 2 heterocycles. The second-order valence-electron chi connectivity index (χ2n) is 7.73. The molecule has 4 nitrogen and oxygen atoms in total. The number of H-pyrrole nitrogens is 1. The van der Waals surface area contributed by atoms with Crippen LogP contribution in [0, 0.1) is 5.92 Å². The maximum Gasteiger partial charge on any atom is 0.416 e. The van der Waals surface area contributed by atoms with Crippen molar-refractivity contribution in [2.24, 2.45) is 5.92 Å². The number of likely N-dealkylation sites (tertiary alicyclic amines) is 1. The Kier molecular flexibility index (Phi) is 4.77. The second kappa shape index (κ2) is 6.61. The first kappa shape index (κ1) is 18.8. The van der Waals surface area contributed by atoms with Crippen molar-refractivity contribution in [2.45, 2.75) is 44.9 Å². The van der Waals surface area contributed by atoms with Crippen molar-refractivity contribution < 1.29 is 23.1 Å². The molecule has 2 N–H and O–H groups in total. The van der Waals surface area contributed by atoms with Gasteiger partial charge in [-0.25, -0.2) is 0 Å². The highest BCUT2D eigenvalue weighted by atomic mass is 19.4. The molecule has 1 aromatic carbocycles. The van der Waals surface area contributed by atoms with Gasteiger partial charge < -0.3 is 15.0 Å². The zero-order valence-electron chi connectivity index (χ0n) is 14.9. The zero-order valence-corrected chi connectivity index (χ0v) is 14.9. The molecule has 0 atom stereocenters. The summed E-state index contributed by atoms with van der Waals surface area (Å²) in [7, 11) is 0. The summed E-state index contributed by atoms with van der Waals surface area (Å²) in [6, 6.07) is 4.90. The number of nitrogens with one attached hydrogen (secondary N) is 1. The van der Waals surface area contributed by atoms with Gasteiger partial charge in [-0.05, 0) is 63.3 Å². The van der Waals surface area contributed by atoms with Gasteiger partial charge in [0.1, 0.15) is 5.69 Å². The number of rotatable bonds is 3. The number of aliphatic hydroxyl groups is 1. The highest BCUT2D eigenvalue weighted by Crippen LogP contribution is 2.32. The quantitative estimate of drug-likeness (QED) is 0.853. The van der Waals surface area contributed by atoms with E-state index in [-0.39, 0.29) is 5.91 Å². The molecule has 1 fully saturated rings. The molecule has 1 aliphatic rings. The number of halogens is 3. The van der Waals surface area contributed by atoms with E-state index in [4.69, 9.17) is 0 Å². The Labute approximate surface area is 150 Å². The molecule has 142 valence electrons. The van der Waals surface area contributed by atoms with E-state index in [0.29, 0.717) is 42.0 Å². The number of carbonyl (C=O) groups excluding carboxylic acids is 1. The van der Waals surface area contributed by atoms with E-state index in [2.05, 4.69) is 4.98 Å². The minimum absolute atomic E-state index is 0.198. The Morgan fingerprint density at radius 3 is 2.46 bits per heavy atom. The number of alkyl halides is 3. The van der Waals surface area contributed by atoms with E-state index in [1.165, 1.54) is 12.1 Å². The third-order valence-corrected chi connectivity index (χ3v) is 4.87. The minimum atomic E-state index is -4.40. The summed E-state index contributed by atoms with van der Waals surface area (Å²) in [4.78, 5) is 17.3. The molecular weight excluding hydrogens is 345 g/mol. The van der Waals surface area contributed by atoms with E-state index in [1.807, 2.05) is 0 Å². The van der Waals surface area contributed by atoms with Gasteiger partial charge in [0.15, 0.2) is 0 Å². The Balaban J connectivity index is 1.71. The summed E-state index contributed by atoms with van der Waals surface area (Å²) < 4.78 is 38.5. The Morgan fingerprint density at radius 2 is 1.88 bits per heavy atom. The summed E-state index contributed by atoms with van der Waals surface area (Å²) >= 11 is 0. The zero-order chi connectivity index (χ0) is 19.1. The molecular formula is C19H23F3N2O2. The van der Waals surface area contributed by atoms with Crippen LogP contribution < -0.4 is 0 Å². The molecule has 0 spiro atoms. The SMILES string of the molecule is CC(C)(O)CC1CCN(C(=O)c2cc3cc(C(F)(F)F)ccc3[nH]2)CC1. The number of amides is 1. The Bertz CT molecular complexity index is 797. The molecule has 1 aliphatic heterocycles. The molecule has 0 radical (unpaired) electrons. The number of nitrogens with zero attached hydrogens (tertiary/aromatic N) is 1. The van der Waals surface area contributed by atoms with E-state index in [0.717, 1.165) is 25.0 Å². The minimum Gasteiger partial charge on any atom is -0.390 e. The molecule has 0 aliphatic carbocycles. The fraction of sp³-hybridized carbons (Fsp3) is 0.526. The molecule has 3 rings (SSSR count). The second-order valence-corrected chi connectivity index (χ2v) is 7.73. The van der Waals surface area contributed by atoms with Crippen molar-refractivity contribution in [1.82, 2.24) is 9.88 Å². The van der Waals surface area contributed by atoms with E-state index < -0.39 is 17.3 Å². The van der Waals surface area contributed by atoms with Crippen molar-refractivity contribution in [1.29, 1.82) is 0 Å². The van der Waals surface area contributed by atoms with Crippen LogP contribution in [0.5, 0.6) is 0 Å². The van der Waals surface area contributed by atoms with Gasteiger partial charge in [0.25, 0.3) is 5.91 Å². The monoisotopic (exact) mass is 368 g/mol. The molecule has 0 unspecified atom stereocenters. The summed E-state index contributed by atoms with van der Waals surface area (Å²) in [6.07, 6.45) is -2.08. The maximum absolute atomic E-state index is 12.8. The van der Waals surface area contributed by atoms with Gasteiger partial charge in [-0.2, -0.15) is 13.2 Å². The lowest BCUT2D eigenvalue weighted by Crippen LogP contribution is -2.40. The van der Waals surface area contributed by atoms with Gasteiger partial charge in [0, 0.05) is 24.0 Å². The van der Waals surface area contributed by atoms with Gasteiger partial charge >= 0.3 is 6.18 Å². The van der Waals surface area contributed by atoms with Crippen LogP contribution in [0.25, 0.3) is 10.9 Å². The van der Waals surface area contributed by atoms with E-state index in [9.17, 15) is 23.1 Å². The third kappa shape index (κ3) is 4.20. The van der Waals surface area contributed by atoms with Crippen molar-refractivity contribution in [3.8, 4) is 0 Å². The fourth-order valence-corrected chi connectivity index (χ4v) is 3.64. The summed E-state index contributed by atoms with van der Waals surface area (Å²) in [5.74, 6) is 0.174. The molecule has 2 aromatic rings. The van der Waals surface area contributed by atoms with Crippen LogP contribution in [0.1, 0.15) is 49.2 Å². The number of aromatic amines is 1. The van der Waals surface area contributed by atoms with Crippen LogP contribution in [0.3, 0.4) is 0 Å². The first-order chi connectivity index (χ1) is 12.0. The van der Waals surface area contributed by atoms with E-state index >= 15 is 0 Å². The summed E-state index contributed by atoms with van der Waals surface area (Å²) in [5, 5.41) is 10.3. The molecule has 1 saturated heterocycles. The van der Waals surface area contributed by atoms with Gasteiger partial charge in [-0.1, -0.05) is 0 Å². The summed E-state index contributed by atoms with van der Waals surface area (Å²) in [5.41, 5.74) is -0.626. The molecule has 1 aromatic heterocycles. The lowest BCUT2D eigenvalue weighted by molar-refractivity contribution is -0.137. The van der Waals surface area contributed by atoms with Crippen LogP contribution >= 0.6 is 0 Å². The van der Waals surface area contributed by atoms with Crippen LogP contribution in [0.15, 0.2) is 24.3 Å². The van der Waals surface area contributed by atoms with Crippen LogP contribution in [0.2, 0.25) is 0 Å². The molecule has 1 amide bonds. The van der Waals surface area contributed by atoms with Crippen molar-refractivity contribution >= 4 is 16.8 Å². The average molecular weight is 368 g/mol. The lowest BCUT2D eigenvalue weighted by Gasteiger charge is -2.34. The number of carbonyl (C=O) groups is 1. The number of fused-ring (bicyclic) bond motifs is 1. The predicted molar refractivity (Wildman–Crippen MR) is 92.8 cm³/mol. The number of benzene rings is 1. The highest BCUT2D eigenvalue weighted by molar-refractivity contribution is 5.98. The first-order valence-corrected chi connectivity index (χ1v) is 8.74. The van der Waals surface area contributed by atoms with E-state index in [1.54, 1.807) is 18.7 Å². The number of piperidine rings is 1. The van der Waals surface area contributed by atoms with Crippen LogP contribution in [-0.4, -0.2) is 39.6 Å². The van der Waals surface area contributed by atoms with Crippen LogP contribution in [-0.2, 0) is 6.18 Å². The largest absolute Gasteiger partial charge is 0.416 e. The smallest absolute Gasteiger partial charge is 0.390 e. The van der Waals surface area contributed by atoms with Crippen molar-refractivity contribution in [3.63, 3.8) is 0 Å².